The Hall–Kier alpha value is -2.54. The molecule has 0 aromatic heterocycles. The molecule has 26 heavy (non-hydrogen) atoms. The van der Waals surface area contributed by atoms with E-state index >= 15 is 0 Å². The largest absolute Gasteiger partial charge is 0.441 e. The van der Waals surface area contributed by atoms with Gasteiger partial charge in [-0.1, -0.05) is 67.6 Å². The molecule has 0 aliphatic heterocycles. The van der Waals surface area contributed by atoms with Crippen LogP contribution in [0, 0.1) is 11.8 Å². The zero-order valence-electron chi connectivity index (χ0n) is 14.4. The maximum atomic E-state index is 13.2. The van der Waals surface area contributed by atoms with Crippen molar-refractivity contribution in [1.29, 1.82) is 0 Å². The smallest absolute Gasteiger partial charge is 0.269 e. The second-order valence-electron chi connectivity index (χ2n) is 6.46. The molecule has 134 valence electrons. The lowest BCUT2D eigenvalue weighted by Gasteiger charge is -2.18. The van der Waals surface area contributed by atoms with Gasteiger partial charge < -0.3 is 0 Å². The molecule has 2 aromatic rings. The Morgan fingerprint density at radius 2 is 1.46 bits per heavy atom. The van der Waals surface area contributed by atoms with Crippen molar-refractivity contribution in [2.45, 2.75) is 44.3 Å². The lowest BCUT2D eigenvalue weighted by Crippen LogP contribution is -2.24. The van der Waals surface area contributed by atoms with Crippen molar-refractivity contribution in [3.8, 4) is 23.0 Å². The Morgan fingerprint density at radius 1 is 0.846 bits per heavy atom. The fourth-order valence-electron chi connectivity index (χ4n) is 3.08. The summed E-state index contributed by atoms with van der Waals surface area (Å²) in [5.74, 6) is 4.88. The van der Waals surface area contributed by atoms with Crippen LogP contribution in [0.2, 0.25) is 0 Å². The Kier molecular flexibility index (Phi) is 5.78. The number of nitrogens with zero attached hydrogens (tertiary/aromatic N) is 1. The molecule has 0 bridgehead atoms. The highest BCUT2D eigenvalue weighted by Gasteiger charge is 2.35. The van der Waals surface area contributed by atoms with E-state index in [1.54, 1.807) is 12.1 Å². The molecular weight excluding hydrogens is 335 g/mol. The summed E-state index contributed by atoms with van der Waals surface area (Å²) in [5.41, 5.74) is 1.65. The number of hydrogen-bond donors (Lipinski definition) is 0. The number of rotatable bonds is 2. The van der Waals surface area contributed by atoms with Gasteiger partial charge in [0.15, 0.2) is 5.71 Å². The summed E-state index contributed by atoms with van der Waals surface area (Å²) in [5, 5.41) is 0. The van der Waals surface area contributed by atoms with Crippen molar-refractivity contribution >= 4 is 5.71 Å². The molecule has 1 aliphatic rings. The van der Waals surface area contributed by atoms with Crippen molar-refractivity contribution in [3.05, 3.63) is 60.2 Å². The van der Waals surface area contributed by atoms with Crippen LogP contribution in [0.3, 0.4) is 0 Å². The molecule has 4 heteroatoms. The minimum absolute atomic E-state index is 0.255. The van der Waals surface area contributed by atoms with Gasteiger partial charge in [0, 0.05) is 5.56 Å². The number of aliphatic imine (C=N–C) groups is 1. The second kappa shape index (κ2) is 8.23. The summed E-state index contributed by atoms with van der Waals surface area (Å²) in [6.07, 6.45) is -0.122. The van der Waals surface area contributed by atoms with Gasteiger partial charge in [-0.05, 0) is 42.0 Å². The molecule has 0 saturated heterocycles. The first kappa shape index (κ1) is 18.3. The number of alkyl halides is 3. The third-order valence-electron chi connectivity index (χ3n) is 4.47. The van der Waals surface area contributed by atoms with Crippen LogP contribution >= 0.6 is 0 Å². The first-order valence-electron chi connectivity index (χ1n) is 8.85. The van der Waals surface area contributed by atoms with E-state index < -0.39 is 11.9 Å². The fourth-order valence-corrected chi connectivity index (χ4v) is 3.08. The minimum atomic E-state index is -4.51. The zero-order chi connectivity index (χ0) is 18.4. The van der Waals surface area contributed by atoms with E-state index in [2.05, 4.69) is 16.8 Å². The highest BCUT2D eigenvalue weighted by molar-refractivity contribution is 6.05. The van der Waals surface area contributed by atoms with Crippen LogP contribution in [0.4, 0.5) is 13.2 Å². The van der Waals surface area contributed by atoms with Crippen LogP contribution in [-0.2, 0) is 0 Å². The molecule has 0 spiro atoms. The van der Waals surface area contributed by atoms with Crippen molar-refractivity contribution in [1.82, 2.24) is 0 Å². The third-order valence-corrected chi connectivity index (χ3v) is 4.47. The molecule has 1 aliphatic carbocycles. The van der Waals surface area contributed by atoms with E-state index in [0.29, 0.717) is 18.4 Å². The van der Waals surface area contributed by atoms with Crippen LogP contribution in [0.25, 0.3) is 11.1 Å². The molecule has 1 saturated carbocycles. The Bertz CT molecular complexity index is 802. The van der Waals surface area contributed by atoms with Crippen molar-refractivity contribution in [2.24, 2.45) is 4.99 Å². The van der Waals surface area contributed by atoms with Crippen molar-refractivity contribution in [3.63, 3.8) is 0 Å². The molecule has 0 N–H and O–H groups in total. The first-order chi connectivity index (χ1) is 12.5. The summed E-state index contributed by atoms with van der Waals surface area (Å²) in [4.78, 5) is 3.91. The van der Waals surface area contributed by atoms with Crippen LogP contribution in [0.15, 0.2) is 59.6 Å². The standard InChI is InChI=1S/C22H20F3N/c23-22(24,25)21(26-20-9-5-2-6-10-20)16-13-17-11-14-19(15-12-17)18-7-3-1-4-8-18/h1,3-4,7-8,11-12,14-15,20H,2,5-6,9-10H2. The SMILES string of the molecule is FC(F)(F)C(C#Cc1ccc(-c2ccccc2)cc1)=NC1CCCCC1. The average Bonchev–Trinajstić information content (AvgIpc) is 2.66. The second-order valence-corrected chi connectivity index (χ2v) is 6.46. The highest BCUT2D eigenvalue weighted by Crippen LogP contribution is 2.24. The zero-order valence-corrected chi connectivity index (χ0v) is 14.4. The van der Waals surface area contributed by atoms with Crippen molar-refractivity contribution < 1.29 is 13.2 Å². The topological polar surface area (TPSA) is 12.4 Å². The van der Waals surface area contributed by atoms with Gasteiger partial charge in [0.1, 0.15) is 0 Å². The van der Waals surface area contributed by atoms with E-state index in [-0.39, 0.29) is 6.04 Å². The fraction of sp³-hybridized carbons (Fsp3) is 0.318. The summed E-state index contributed by atoms with van der Waals surface area (Å²) >= 11 is 0. The van der Waals surface area contributed by atoms with Crippen LogP contribution in [-0.4, -0.2) is 17.9 Å². The van der Waals surface area contributed by atoms with E-state index in [9.17, 15) is 13.2 Å². The molecule has 0 heterocycles. The van der Waals surface area contributed by atoms with Crippen LogP contribution in [0.5, 0.6) is 0 Å². The molecule has 0 radical (unpaired) electrons. The summed E-state index contributed by atoms with van der Waals surface area (Å²) in [7, 11) is 0. The van der Waals surface area contributed by atoms with Crippen LogP contribution in [0.1, 0.15) is 37.7 Å². The predicted octanol–water partition coefficient (Wildman–Crippen LogP) is 6.04. The van der Waals surface area contributed by atoms with Gasteiger partial charge in [-0.15, -0.1) is 0 Å². The lowest BCUT2D eigenvalue weighted by molar-refractivity contribution is -0.0576. The number of benzene rings is 2. The quantitative estimate of drug-likeness (QED) is 0.460. The summed E-state index contributed by atoms with van der Waals surface area (Å²) in [6, 6.07) is 16.8. The monoisotopic (exact) mass is 355 g/mol. The molecule has 3 rings (SSSR count). The molecule has 0 amide bonds. The molecular formula is C22H20F3N. The number of halogens is 3. The summed E-state index contributed by atoms with van der Waals surface area (Å²) < 4.78 is 39.7. The average molecular weight is 355 g/mol. The van der Waals surface area contributed by atoms with Gasteiger partial charge in [0.2, 0.25) is 0 Å². The highest BCUT2D eigenvalue weighted by atomic mass is 19.4. The van der Waals surface area contributed by atoms with E-state index in [0.717, 1.165) is 30.4 Å². The third kappa shape index (κ3) is 4.98. The van der Waals surface area contributed by atoms with Gasteiger partial charge in [-0.25, -0.2) is 0 Å². The molecule has 2 aromatic carbocycles. The van der Waals surface area contributed by atoms with Gasteiger partial charge in [0.25, 0.3) is 0 Å². The first-order valence-corrected chi connectivity index (χ1v) is 8.85. The molecule has 0 atom stereocenters. The Balaban J connectivity index is 1.79. The lowest BCUT2D eigenvalue weighted by atomic mass is 9.96. The molecule has 1 nitrogen and oxygen atoms in total. The number of hydrogen-bond acceptors (Lipinski definition) is 1. The maximum Gasteiger partial charge on any atom is 0.441 e. The normalized spacial score (nSPS) is 16.0. The molecule has 1 fully saturated rings. The van der Waals surface area contributed by atoms with Crippen LogP contribution < -0.4 is 0 Å². The van der Waals surface area contributed by atoms with Crippen molar-refractivity contribution in [2.75, 3.05) is 0 Å². The molecule has 0 unspecified atom stereocenters. The Morgan fingerprint density at radius 3 is 2.08 bits per heavy atom. The minimum Gasteiger partial charge on any atom is -0.269 e. The Labute approximate surface area is 152 Å². The van der Waals surface area contributed by atoms with Gasteiger partial charge in [-0.3, -0.25) is 4.99 Å². The summed E-state index contributed by atoms with van der Waals surface area (Å²) in [6.45, 7) is 0. The predicted molar refractivity (Wildman–Crippen MR) is 99.1 cm³/mol. The van der Waals surface area contributed by atoms with E-state index in [1.807, 2.05) is 42.5 Å². The van der Waals surface area contributed by atoms with Gasteiger partial charge in [0.05, 0.1) is 6.04 Å². The van der Waals surface area contributed by atoms with Gasteiger partial charge in [-0.2, -0.15) is 13.2 Å². The van der Waals surface area contributed by atoms with Gasteiger partial charge >= 0.3 is 6.18 Å². The maximum absolute atomic E-state index is 13.2. The van der Waals surface area contributed by atoms with E-state index in [4.69, 9.17) is 0 Å². The van der Waals surface area contributed by atoms with E-state index in [1.165, 1.54) is 0 Å².